The van der Waals surface area contributed by atoms with Gasteiger partial charge in [-0.15, -0.1) is 0 Å². The molecule has 2 rings (SSSR count). The van der Waals surface area contributed by atoms with Crippen molar-refractivity contribution in [2.45, 2.75) is 31.7 Å². The van der Waals surface area contributed by atoms with E-state index in [2.05, 4.69) is 18.3 Å². The van der Waals surface area contributed by atoms with Gasteiger partial charge >= 0.3 is 0 Å². The van der Waals surface area contributed by atoms with Crippen LogP contribution in [-0.2, 0) is 10.2 Å². The van der Waals surface area contributed by atoms with E-state index in [9.17, 15) is 4.79 Å². The lowest BCUT2D eigenvalue weighted by Gasteiger charge is -2.26. The van der Waals surface area contributed by atoms with E-state index in [0.29, 0.717) is 0 Å². The van der Waals surface area contributed by atoms with Crippen molar-refractivity contribution < 1.29 is 4.79 Å². The lowest BCUT2D eigenvalue weighted by atomic mass is 9.78. The maximum absolute atomic E-state index is 10.8. The van der Waals surface area contributed by atoms with Crippen LogP contribution in [0.2, 0.25) is 0 Å². The van der Waals surface area contributed by atoms with E-state index in [1.807, 2.05) is 19.1 Å². The van der Waals surface area contributed by atoms with Gasteiger partial charge in [-0.1, -0.05) is 19.1 Å². The molecule has 1 aliphatic heterocycles. The van der Waals surface area contributed by atoms with Crippen molar-refractivity contribution in [3.05, 3.63) is 29.3 Å². The Balaban J connectivity index is 2.37. The summed E-state index contributed by atoms with van der Waals surface area (Å²) in [5.41, 5.74) is 9.16. The van der Waals surface area contributed by atoms with Crippen molar-refractivity contribution in [3.63, 3.8) is 0 Å². The Morgan fingerprint density at radius 2 is 2.31 bits per heavy atom. The Morgan fingerprint density at radius 1 is 1.56 bits per heavy atom. The lowest BCUT2D eigenvalue weighted by Crippen LogP contribution is -2.26. The molecule has 0 spiro atoms. The van der Waals surface area contributed by atoms with Crippen molar-refractivity contribution in [1.82, 2.24) is 5.32 Å². The van der Waals surface area contributed by atoms with E-state index in [1.165, 1.54) is 5.56 Å². The van der Waals surface area contributed by atoms with Gasteiger partial charge in [0.15, 0.2) is 0 Å². The fraction of sp³-hybridized carbons (Fsp3) is 0.462. The average Bonchev–Trinajstić information content (AvgIpc) is 2.65. The number of hydrogen-bond donors (Lipinski definition) is 2. The third-order valence-corrected chi connectivity index (χ3v) is 3.62. The number of carbonyl (C=O) groups excluding carboxylic acids is 1. The summed E-state index contributed by atoms with van der Waals surface area (Å²) < 4.78 is 0. The highest BCUT2D eigenvalue weighted by Gasteiger charge is 2.37. The van der Waals surface area contributed by atoms with E-state index in [1.54, 1.807) is 0 Å². The van der Waals surface area contributed by atoms with E-state index in [-0.39, 0.29) is 11.5 Å². The molecule has 3 heteroatoms. The number of carbonyl (C=O) groups is 1. The number of nitrogens with one attached hydrogen (secondary N) is 1. The summed E-state index contributed by atoms with van der Waals surface area (Å²) in [4.78, 5) is 10.8. The third kappa shape index (κ3) is 1.71. The van der Waals surface area contributed by atoms with Crippen molar-refractivity contribution in [3.8, 4) is 0 Å². The number of nitrogens with two attached hydrogens (primary N) is 1. The van der Waals surface area contributed by atoms with E-state index in [4.69, 9.17) is 5.73 Å². The molecule has 16 heavy (non-hydrogen) atoms. The van der Waals surface area contributed by atoms with Gasteiger partial charge in [0, 0.05) is 17.6 Å². The minimum atomic E-state index is -0.0224. The quantitative estimate of drug-likeness (QED) is 0.582. The Labute approximate surface area is 96.0 Å². The second kappa shape index (κ2) is 3.91. The summed E-state index contributed by atoms with van der Waals surface area (Å²) in [6.07, 6.45) is 1.84. The second-order valence-electron chi connectivity index (χ2n) is 4.91. The SMILES string of the molecule is Cc1c(N)cccc1C1(C)CNC(C=O)C1. The predicted molar refractivity (Wildman–Crippen MR) is 65.4 cm³/mol. The summed E-state index contributed by atoms with van der Waals surface area (Å²) in [5.74, 6) is 0. The van der Waals surface area contributed by atoms with Gasteiger partial charge in [0.2, 0.25) is 0 Å². The van der Waals surface area contributed by atoms with Gasteiger partial charge < -0.3 is 15.8 Å². The third-order valence-electron chi connectivity index (χ3n) is 3.62. The molecule has 0 radical (unpaired) electrons. The van der Waals surface area contributed by atoms with E-state index < -0.39 is 0 Å². The first-order valence-electron chi connectivity index (χ1n) is 5.61. The monoisotopic (exact) mass is 218 g/mol. The standard InChI is InChI=1S/C13H18N2O/c1-9-11(4-3-5-12(9)14)13(2)6-10(7-16)15-8-13/h3-5,7,10,15H,6,8,14H2,1-2H3. The van der Waals surface area contributed by atoms with Gasteiger partial charge in [-0.3, -0.25) is 0 Å². The Morgan fingerprint density at radius 3 is 2.94 bits per heavy atom. The molecule has 2 unspecified atom stereocenters. The molecule has 1 aromatic carbocycles. The minimum Gasteiger partial charge on any atom is -0.399 e. The van der Waals surface area contributed by atoms with Crippen LogP contribution in [0.3, 0.4) is 0 Å². The zero-order chi connectivity index (χ0) is 11.8. The molecule has 1 aliphatic rings. The number of nitrogen functional groups attached to an aromatic ring is 1. The molecule has 0 amide bonds. The number of rotatable bonds is 2. The fourth-order valence-electron chi connectivity index (χ4n) is 2.59. The van der Waals surface area contributed by atoms with Crippen LogP contribution in [0, 0.1) is 6.92 Å². The van der Waals surface area contributed by atoms with Gasteiger partial charge in [-0.2, -0.15) is 0 Å². The molecule has 0 bridgehead atoms. The molecular weight excluding hydrogens is 200 g/mol. The van der Waals surface area contributed by atoms with Gasteiger partial charge in [0.25, 0.3) is 0 Å². The van der Waals surface area contributed by atoms with Crippen LogP contribution >= 0.6 is 0 Å². The molecule has 1 saturated heterocycles. The average molecular weight is 218 g/mol. The smallest absolute Gasteiger partial charge is 0.136 e. The second-order valence-corrected chi connectivity index (χ2v) is 4.91. The molecule has 1 aromatic rings. The first-order valence-corrected chi connectivity index (χ1v) is 5.61. The zero-order valence-corrected chi connectivity index (χ0v) is 9.79. The van der Waals surface area contributed by atoms with Crippen LogP contribution in [-0.4, -0.2) is 18.9 Å². The number of aldehydes is 1. The van der Waals surface area contributed by atoms with Crippen LogP contribution in [0.4, 0.5) is 5.69 Å². The first-order chi connectivity index (χ1) is 7.57. The van der Waals surface area contributed by atoms with E-state index >= 15 is 0 Å². The summed E-state index contributed by atoms with van der Waals surface area (Å²) in [5, 5.41) is 3.23. The normalized spacial score (nSPS) is 29.2. The highest BCUT2D eigenvalue weighted by Crippen LogP contribution is 2.35. The number of hydrogen-bond acceptors (Lipinski definition) is 3. The summed E-state index contributed by atoms with van der Waals surface area (Å²) in [6.45, 7) is 5.07. The van der Waals surface area contributed by atoms with Gasteiger partial charge in [0.05, 0.1) is 6.04 Å². The molecule has 0 aromatic heterocycles. The molecule has 0 aliphatic carbocycles. The maximum atomic E-state index is 10.8. The van der Waals surface area contributed by atoms with Crippen LogP contribution in [0.15, 0.2) is 18.2 Å². The molecule has 86 valence electrons. The van der Waals surface area contributed by atoms with Crippen LogP contribution in [0.1, 0.15) is 24.5 Å². The topological polar surface area (TPSA) is 55.1 Å². The van der Waals surface area contributed by atoms with Crippen molar-refractivity contribution >= 4 is 12.0 Å². The fourth-order valence-corrected chi connectivity index (χ4v) is 2.59. The molecule has 3 nitrogen and oxygen atoms in total. The number of anilines is 1. The van der Waals surface area contributed by atoms with Crippen molar-refractivity contribution in [2.24, 2.45) is 0 Å². The Kier molecular flexibility index (Phi) is 2.72. The molecular formula is C13H18N2O. The van der Waals surface area contributed by atoms with Crippen molar-refractivity contribution in [1.29, 1.82) is 0 Å². The van der Waals surface area contributed by atoms with Crippen LogP contribution in [0.25, 0.3) is 0 Å². The summed E-state index contributed by atoms with van der Waals surface area (Å²) in [6, 6.07) is 5.99. The van der Waals surface area contributed by atoms with Crippen LogP contribution < -0.4 is 11.1 Å². The van der Waals surface area contributed by atoms with Gasteiger partial charge in [-0.05, 0) is 30.5 Å². The van der Waals surface area contributed by atoms with Crippen molar-refractivity contribution in [2.75, 3.05) is 12.3 Å². The number of benzene rings is 1. The molecule has 0 saturated carbocycles. The molecule has 2 atom stereocenters. The molecule has 1 fully saturated rings. The van der Waals surface area contributed by atoms with Crippen LogP contribution in [0.5, 0.6) is 0 Å². The lowest BCUT2D eigenvalue weighted by molar-refractivity contribution is -0.109. The highest BCUT2D eigenvalue weighted by molar-refractivity contribution is 5.60. The minimum absolute atomic E-state index is 0.0189. The van der Waals surface area contributed by atoms with Gasteiger partial charge in [0.1, 0.15) is 6.29 Å². The Hall–Kier alpha value is -1.35. The Bertz CT molecular complexity index is 416. The first kappa shape index (κ1) is 11.1. The summed E-state index contributed by atoms with van der Waals surface area (Å²) in [7, 11) is 0. The highest BCUT2D eigenvalue weighted by atomic mass is 16.1. The molecule has 1 heterocycles. The summed E-state index contributed by atoms with van der Waals surface area (Å²) >= 11 is 0. The largest absolute Gasteiger partial charge is 0.399 e. The molecule has 3 N–H and O–H groups in total. The van der Waals surface area contributed by atoms with E-state index in [0.717, 1.165) is 30.5 Å². The zero-order valence-electron chi connectivity index (χ0n) is 9.79. The predicted octanol–water partition coefficient (Wildman–Crippen LogP) is 1.40. The van der Waals surface area contributed by atoms with Gasteiger partial charge in [-0.25, -0.2) is 0 Å². The maximum Gasteiger partial charge on any atom is 0.136 e.